The van der Waals surface area contributed by atoms with Crippen molar-refractivity contribution >= 4 is 16.9 Å². The molecule has 1 atom stereocenters. The third-order valence-electron chi connectivity index (χ3n) is 3.21. The highest BCUT2D eigenvalue weighted by molar-refractivity contribution is 5.85. The molecule has 0 unspecified atom stereocenters. The molecule has 2 rings (SSSR count). The SMILES string of the molecule is CN(C)C[C@](N)(Cc1c[nH]c2ccccc12)C(=O)O. The van der Waals surface area contributed by atoms with Crippen LogP contribution in [0.1, 0.15) is 5.56 Å². The van der Waals surface area contributed by atoms with Crippen molar-refractivity contribution in [2.24, 2.45) is 5.73 Å². The van der Waals surface area contributed by atoms with E-state index in [2.05, 4.69) is 4.98 Å². The zero-order valence-electron chi connectivity index (χ0n) is 11.2. The Balaban J connectivity index is 2.34. The van der Waals surface area contributed by atoms with Crippen LogP contribution in [-0.2, 0) is 11.2 Å². The van der Waals surface area contributed by atoms with E-state index in [0.29, 0.717) is 13.0 Å². The lowest BCUT2D eigenvalue weighted by Crippen LogP contribution is -2.56. The molecule has 4 N–H and O–H groups in total. The second-order valence-corrected chi connectivity index (χ2v) is 5.24. The number of para-hydroxylation sites is 1. The number of aromatic nitrogens is 1. The quantitative estimate of drug-likeness (QED) is 0.751. The first-order chi connectivity index (χ1) is 8.92. The van der Waals surface area contributed by atoms with E-state index in [9.17, 15) is 9.90 Å². The van der Waals surface area contributed by atoms with Gasteiger partial charge in [-0.15, -0.1) is 0 Å². The monoisotopic (exact) mass is 261 g/mol. The summed E-state index contributed by atoms with van der Waals surface area (Å²) in [7, 11) is 3.64. The number of likely N-dealkylation sites (N-methyl/N-ethyl adjacent to an activating group) is 1. The Morgan fingerprint density at radius 3 is 2.74 bits per heavy atom. The minimum Gasteiger partial charge on any atom is -0.480 e. The molecule has 0 radical (unpaired) electrons. The topological polar surface area (TPSA) is 82.3 Å². The number of benzene rings is 1. The summed E-state index contributed by atoms with van der Waals surface area (Å²) in [6, 6.07) is 7.81. The standard InChI is InChI=1S/C14H19N3O2/c1-17(2)9-14(15,13(18)19)7-10-8-16-12-6-4-3-5-11(10)12/h3-6,8,16H,7,9,15H2,1-2H3,(H,18,19)/t14-/m1/s1. The summed E-state index contributed by atoms with van der Waals surface area (Å²) in [4.78, 5) is 16.4. The maximum Gasteiger partial charge on any atom is 0.325 e. The van der Waals surface area contributed by atoms with Gasteiger partial charge in [-0.1, -0.05) is 18.2 Å². The lowest BCUT2D eigenvalue weighted by atomic mass is 9.91. The van der Waals surface area contributed by atoms with Crippen LogP contribution in [0.3, 0.4) is 0 Å². The number of hydrogen-bond acceptors (Lipinski definition) is 3. The fourth-order valence-corrected chi connectivity index (χ4v) is 2.38. The van der Waals surface area contributed by atoms with E-state index in [4.69, 9.17) is 5.73 Å². The van der Waals surface area contributed by atoms with Crippen molar-refractivity contribution < 1.29 is 9.90 Å². The van der Waals surface area contributed by atoms with Gasteiger partial charge in [0.25, 0.3) is 0 Å². The first-order valence-electron chi connectivity index (χ1n) is 6.14. The van der Waals surface area contributed by atoms with Crippen LogP contribution in [0.25, 0.3) is 10.9 Å². The van der Waals surface area contributed by atoms with Gasteiger partial charge >= 0.3 is 5.97 Å². The van der Waals surface area contributed by atoms with Gasteiger partial charge in [-0.3, -0.25) is 4.79 Å². The second-order valence-electron chi connectivity index (χ2n) is 5.24. The van der Waals surface area contributed by atoms with E-state index in [0.717, 1.165) is 16.5 Å². The van der Waals surface area contributed by atoms with Crippen molar-refractivity contribution in [3.8, 4) is 0 Å². The number of hydrogen-bond donors (Lipinski definition) is 3. The van der Waals surface area contributed by atoms with E-state index in [1.807, 2.05) is 44.6 Å². The summed E-state index contributed by atoms with van der Waals surface area (Å²) in [5, 5.41) is 10.4. The molecule has 0 saturated heterocycles. The number of fused-ring (bicyclic) bond motifs is 1. The van der Waals surface area contributed by atoms with Crippen LogP contribution in [0.5, 0.6) is 0 Å². The molecular weight excluding hydrogens is 242 g/mol. The predicted octanol–water partition coefficient (Wildman–Crippen LogP) is 1.05. The zero-order chi connectivity index (χ0) is 14.0. The number of nitrogens with zero attached hydrogens (tertiary/aromatic N) is 1. The van der Waals surface area contributed by atoms with Gasteiger partial charge < -0.3 is 20.7 Å². The number of aromatic amines is 1. The summed E-state index contributed by atoms with van der Waals surface area (Å²) in [6.07, 6.45) is 2.13. The molecular formula is C14H19N3O2. The van der Waals surface area contributed by atoms with E-state index in [1.165, 1.54) is 0 Å². The molecule has 19 heavy (non-hydrogen) atoms. The molecule has 102 valence electrons. The van der Waals surface area contributed by atoms with Crippen LogP contribution < -0.4 is 5.73 Å². The maximum absolute atomic E-state index is 11.5. The molecule has 0 bridgehead atoms. The largest absolute Gasteiger partial charge is 0.480 e. The first-order valence-corrected chi connectivity index (χ1v) is 6.14. The zero-order valence-corrected chi connectivity index (χ0v) is 11.2. The summed E-state index contributed by atoms with van der Waals surface area (Å²) < 4.78 is 0. The van der Waals surface area contributed by atoms with Crippen molar-refractivity contribution in [3.63, 3.8) is 0 Å². The summed E-state index contributed by atoms with van der Waals surface area (Å²) >= 11 is 0. The third kappa shape index (κ3) is 2.77. The molecule has 1 aromatic carbocycles. The van der Waals surface area contributed by atoms with Crippen LogP contribution in [0.2, 0.25) is 0 Å². The van der Waals surface area contributed by atoms with Crippen LogP contribution in [0, 0.1) is 0 Å². The molecule has 0 spiro atoms. The van der Waals surface area contributed by atoms with Crippen molar-refractivity contribution in [1.82, 2.24) is 9.88 Å². The van der Waals surface area contributed by atoms with Gasteiger partial charge in [-0.05, 0) is 25.7 Å². The molecule has 0 fully saturated rings. The van der Waals surface area contributed by atoms with Crippen molar-refractivity contribution in [2.75, 3.05) is 20.6 Å². The van der Waals surface area contributed by atoms with Crippen molar-refractivity contribution in [3.05, 3.63) is 36.0 Å². The molecule has 5 nitrogen and oxygen atoms in total. The third-order valence-corrected chi connectivity index (χ3v) is 3.21. The van der Waals surface area contributed by atoms with E-state index in [-0.39, 0.29) is 0 Å². The lowest BCUT2D eigenvalue weighted by molar-refractivity contribution is -0.143. The minimum absolute atomic E-state index is 0.293. The van der Waals surface area contributed by atoms with Gasteiger partial charge in [0.05, 0.1) is 0 Å². The van der Waals surface area contributed by atoms with E-state index >= 15 is 0 Å². The molecule has 0 aliphatic rings. The van der Waals surface area contributed by atoms with E-state index in [1.54, 1.807) is 4.90 Å². The highest BCUT2D eigenvalue weighted by atomic mass is 16.4. The lowest BCUT2D eigenvalue weighted by Gasteiger charge is -2.27. The summed E-state index contributed by atoms with van der Waals surface area (Å²) in [5.74, 6) is -0.980. The van der Waals surface area contributed by atoms with Gasteiger partial charge in [0.1, 0.15) is 5.54 Å². The number of carboxylic acids is 1. The number of carbonyl (C=O) groups is 1. The molecule has 0 amide bonds. The summed E-state index contributed by atoms with van der Waals surface area (Å²) in [5.41, 5.74) is 6.71. The number of nitrogens with two attached hydrogens (primary N) is 1. The molecule has 2 aromatic rings. The van der Waals surface area contributed by atoms with Gasteiger partial charge in [-0.25, -0.2) is 0 Å². The Hall–Kier alpha value is -1.85. The summed E-state index contributed by atoms with van der Waals surface area (Å²) in [6.45, 7) is 0.293. The van der Waals surface area contributed by atoms with Crippen LogP contribution >= 0.6 is 0 Å². The minimum atomic E-state index is -1.28. The van der Waals surface area contributed by atoms with Crippen molar-refractivity contribution in [2.45, 2.75) is 12.0 Å². The van der Waals surface area contributed by atoms with Crippen LogP contribution in [0.15, 0.2) is 30.5 Å². The Bertz CT molecular complexity index is 591. The molecule has 0 aliphatic heterocycles. The van der Waals surface area contributed by atoms with Gasteiger partial charge in [-0.2, -0.15) is 0 Å². The normalized spacial score (nSPS) is 14.7. The number of nitrogens with one attached hydrogen (secondary N) is 1. The van der Waals surface area contributed by atoms with Crippen LogP contribution in [0.4, 0.5) is 0 Å². The highest BCUT2D eigenvalue weighted by Crippen LogP contribution is 2.22. The number of carboxylic acid groups (broad SMARTS) is 1. The fraction of sp³-hybridized carbons (Fsp3) is 0.357. The van der Waals surface area contributed by atoms with Gasteiger partial charge in [0, 0.05) is 30.1 Å². The predicted molar refractivity (Wildman–Crippen MR) is 75.1 cm³/mol. The average Bonchev–Trinajstić information content (AvgIpc) is 2.71. The maximum atomic E-state index is 11.5. The van der Waals surface area contributed by atoms with E-state index < -0.39 is 11.5 Å². The molecule has 5 heteroatoms. The second kappa shape index (κ2) is 5.03. The van der Waals surface area contributed by atoms with Crippen molar-refractivity contribution in [1.29, 1.82) is 0 Å². The van der Waals surface area contributed by atoms with Crippen LogP contribution in [-0.4, -0.2) is 47.1 Å². The average molecular weight is 261 g/mol. The number of aliphatic carboxylic acids is 1. The smallest absolute Gasteiger partial charge is 0.325 e. The Morgan fingerprint density at radius 1 is 1.42 bits per heavy atom. The highest BCUT2D eigenvalue weighted by Gasteiger charge is 2.35. The fourth-order valence-electron chi connectivity index (χ4n) is 2.38. The van der Waals surface area contributed by atoms with Gasteiger partial charge in [0.15, 0.2) is 0 Å². The molecule has 0 saturated carbocycles. The van der Waals surface area contributed by atoms with Gasteiger partial charge in [0.2, 0.25) is 0 Å². The molecule has 1 aromatic heterocycles. The molecule has 0 aliphatic carbocycles. The molecule has 1 heterocycles. The first kappa shape index (κ1) is 13.6. The number of H-pyrrole nitrogens is 1. The number of rotatable bonds is 5. The Labute approximate surface area is 112 Å². The Morgan fingerprint density at radius 2 is 2.11 bits per heavy atom. The Kier molecular flexibility index (Phi) is 3.59.